The molecule has 0 fully saturated rings. The highest BCUT2D eigenvalue weighted by Gasteiger charge is 2.34. The first-order chi connectivity index (χ1) is 10.9. The minimum atomic E-state index is -4.48. The molecule has 2 aromatic rings. The smallest absolute Gasteiger partial charge is 0.362 e. The molecule has 0 amide bonds. The fourth-order valence-electron chi connectivity index (χ4n) is 2.09. The predicted molar refractivity (Wildman–Crippen MR) is 88.3 cm³/mol. The van der Waals surface area contributed by atoms with E-state index in [-0.39, 0.29) is 10.9 Å². The van der Waals surface area contributed by atoms with Crippen molar-refractivity contribution in [3.8, 4) is 0 Å². The molecular weight excluding hydrogens is 323 g/mol. The number of hydrogen-bond donors (Lipinski definition) is 2. The second-order valence-corrected chi connectivity index (χ2v) is 5.36. The summed E-state index contributed by atoms with van der Waals surface area (Å²) >= 11 is 5.04. The monoisotopic (exact) mass is 339 g/mol. The molecule has 1 aromatic heterocycles. The molecule has 2 N–H and O–H groups in total. The number of rotatable bonds is 4. The fourth-order valence-corrected chi connectivity index (χ4v) is 2.29. The van der Waals surface area contributed by atoms with Gasteiger partial charge in [0.2, 0.25) is 0 Å². The molecule has 0 unspecified atom stereocenters. The van der Waals surface area contributed by atoms with Gasteiger partial charge in [-0.2, -0.15) is 13.2 Å². The van der Waals surface area contributed by atoms with E-state index in [0.29, 0.717) is 6.54 Å². The highest BCUT2D eigenvalue weighted by atomic mass is 32.1. The van der Waals surface area contributed by atoms with Gasteiger partial charge in [-0.05, 0) is 48.8 Å². The highest BCUT2D eigenvalue weighted by molar-refractivity contribution is 7.80. The maximum atomic E-state index is 12.9. The van der Waals surface area contributed by atoms with Crippen molar-refractivity contribution in [1.82, 2.24) is 10.3 Å². The van der Waals surface area contributed by atoms with E-state index in [1.807, 2.05) is 31.2 Å². The number of alkyl halides is 3. The zero-order valence-electron chi connectivity index (χ0n) is 12.4. The number of anilines is 1. The first kappa shape index (κ1) is 17.2. The number of pyridine rings is 1. The number of hydrogen-bond acceptors (Lipinski definition) is 2. The lowest BCUT2D eigenvalue weighted by Crippen LogP contribution is -2.31. The minimum absolute atomic E-state index is 0.114. The van der Waals surface area contributed by atoms with Crippen molar-refractivity contribution in [3.63, 3.8) is 0 Å². The second-order valence-electron chi connectivity index (χ2n) is 4.95. The Labute approximate surface area is 137 Å². The average molecular weight is 339 g/mol. The molecule has 0 bridgehead atoms. The number of aromatic nitrogens is 1. The first-order valence-corrected chi connectivity index (χ1v) is 7.40. The number of aryl methyl sites for hydroxylation is 1. The maximum absolute atomic E-state index is 12.9. The van der Waals surface area contributed by atoms with Gasteiger partial charge in [-0.1, -0.05) is 24.3 Å². The van der Waals surface area contributed by atoms with Gasteiger partial charge in [0.15, 0.2) is 5.11 Å². The van der Waals surface area contributed by atoms with E-state index in [0.717, 1.165) is 23.6 Å². The van der Waals surface area contributed by atoms with Crippen LogP contribution < -0.4 is 10.6 Å². The van der Waals surface area contributed by atoms with Gasteiger partial charge in [-0.25, -0.2) is 4.98 Å². The van der Waals surface area contributed by atoms with Crippen molar-refractivity contribution in [3.05, 3.63) is 59.3 Å². The van der Waals surface area contributed by atoms with Crippen molar-refractivity contribution in [2.75, 3.05) is 11.9 Å². The second kappa shape index (κ2) is 7.41. The van der Waals surface area contributed by atoms with Gasteiger partial charge in [0, 0.05) is 12.7 Å². The van der Waals surface area contributed by atoms with Gasteiger partial charge < -0.3 is 10.6 Å². The molecule has 0 saturated heterocycles. The Kier molecular flexibility index (Phi) is 5.54. The van der Waals surface area contributed by atoms with E-state index in [9.17, 15) is 13.2 Å². The zero-order chi connectivity index (χ0) is 16.9. The van der Waals surface area contributed by atoms with Crippen LogP contribution in [0, 0.1) is 6.92 Å². The van der Waals surface area contributed by atoms with Crippen LogP contribution in [0.25, 0.3) is 0 Å². The zero-order valence-corrected chi connectivity index (χ0v) is 13.3. The van der Waals surface area contributed by atoms with Crippen LogP contribution in [0.4, 0.5) is 19.0 Å². The maximum Gasteiger partial charge on any atom is 0.419 e. The van der Waals surface area contributed by atoms with Crippen LogP contribution in [0.1, 0.15) is 16.7 Å². The Bertz CT molecular complexity index is 686. The lowest BCUT2D eigenvalue weighted by Gasteiger charge is -2.15. The third-order valence-corrected chi connectivity index (χ3v) is 3.53. The molecule has 0 spiro atoms. The molecule has 0 radical (unpaired) electrons. The molecule has 0 aliphatic rings. The van der Waals surface area contributed by atoms with Crippen LogP contribution in [-0.2, 0) is 12.6 Å². The van der Waals surface area contributed by atoms with Gasteiger partial charge in [-0.3, -0.25) is 0 Å². The summed E-state index contributed by atoms with van der Waals surface area (Å²) in [6, 6.07) is 10.1. The lowest BCUT2D eigenvalue weighted by atomic mass is 10.1. The third kappa shape index (κ3) is 4.92. The van der Waals surface area contributed by atoms with E-state index < -0.39 is 11.7 Å². The predicted octanol–water partition coefficient (Wildman–Crippen LogP) is 3.94. The summed E-state index contributed by atoms with van der Waals surface area (Å²) in [6.45, 7) is 2.53. The topological polar surface area (TPSA) is 37.0 Å². The molecule has 0 aliphatic carbocycles. The molecular formula is C16H16F3N3S. The Morgan fingerprint density at radius 3 is 2.61 bits per heavy atom. The molecule has 7 heteroatoms. The van der Waals surface area contributed by atoms with Crippen LogP contribution >= 0.6 is 12.2 Å². The molecule has 1 aromatic carbocycles. The summed E-state index contributed by atoms with van der Waals surface area (Å²) in [5.74, 6) is -0.298. The molecule has 0 atom stereocenters. The minimum Gasteiger partial charge on any atom is -0.362 e. The van der Waals surface area contributed by atoms with Crippen molar-refractivity contribution in [2.45, 2.75) is 19.5 Å². The van der Waals surface area contributed by atoms with Crippen molar-refractivity contribution in [1.29, 1.82) is 0 Å². The standard InChI is InChI=1S/C16H16F3N3S/c1-11-5-2-3-6-12(11)8-10-21-15(23)22-14-13(16(17,18)19)7-4-9-20-14/h2-7,9H,8,10H2,1H3,(H2,20,21,22,23). The summed E-state index contributed by atoms with van der Waals surface area (Å²) in [5, 5.41) is 5.52. The summed E-state index contributed by atoms with van der Waals surface area (Å²) in [5.41, 5.74) is 1.48. The van der Waals surface area contributed by atoms with Crippen molar-refractivity contribution >= 4 is 23.1 Å². The normalized spacial score (nSPS) is 11.1. The summed E-state index contributed by atoms with van der Waals surface area (Å²) < 4.78 is 38.6. The Morgan fingerprint density at radius 2 is 1.91 bits per heavy atom. The summed E-state index contributed by atoms with van der Waals surface area (Å²) in [4.78, 5) is 3.71. The van der Waals surface area contributed by atoms with Gasteiger partial charge in [0.1, 0.15) is 5.82 Å². The number of nitrogens with one attached hydrogen (secondary N) is 2. The van der Waals surface area contributed by atoms with Gasteiger partial charge in [0.25, 0.3) is 0 Å². The number of thiocarbonyl (C=S) groups is 1. The quantitative estimate of drug-likeness (QED) is 0.828. The van der Waals surface area contributed by atoms with Crippen LogP contribution in [0.15, 0.2) is 42.6 Å². The Hall–Kier alpha value is -2.15. The third-order valence-electron chi connectivity index (χ3n) is 3.29. The summed E-state index contributed by atoms with van der Waals surface area (Å²) in [6.07, 6.45) is -2.47. The van der Waals surface area contributed by atoms with Crippen LogP contribution in [0.3, 0.4) is 0 Å². The lowest BCUT2D eigenvalue weighted by molar-refractivity contribution is -0.137. The van der Waals surface area contributed by atoms with E-state index in [4.69, 9.17) is 12.2 Å². The molecule has 1 heterocycles. The van der Waals surface area contributed by atoms with Gasteiger partial charge >= 0.3 is 6.18 Å². The van der Waals surface area contributed by atoms with E-state index in [1.165, 1.54) is 12.3 Å². The largest absolute Gasteiger partial charge is 0.419 e. The van der Waals surface area contributed by atoms with E-state index in [2.05, 4.69) is 15.6 Å². The van der Waals surface area contributed by atoms with Gasteiger partial charge in [-0.15, -0.1) is 0 Å². The van der Waals surface area contributed by atoms with Crippen LogP contribution in [0.5, 0.6) is 0 Å². The molecule has 0 aliphatic heterocycles. The molecule has 2 rings (SSSR count). The molecule has 23 heavy (non-hydrogen) atoms. The number of benzene rings is 1. The summed E-state index contributed by atoms with van der Waals surface area (Å²) in [7, 11) is 0. The molecule has 122 valence electrons. The van der Waals surface area contributed by atoms with Crippen LogP contribution in [0.2, 0.25) is 0 Å². The Morgan fingerprint density at radius 1 is 1.17 bits per heavy atom. The average Bonchev–Trinajstić information content (AvgIpc) is 2.49. The molecule has 0 saturated carbocycles. The fraction of sp³-hybridized carbons (Fsp3) is 0.250. The SMILES string of the molecule is Cc1ccccc1CCNC(=S)Nc1ncccc1C(F)(F)F. The number of halogens is 3. The first-order valence-electron chi connectivity index (χ1n) is 6.99. The Balaban J connectivity index is 1.92. The van der Waals surface area contributed by atoms with Crippen molar-refractivity contribution in [2.24, 2.45) is 0 Å². The van der Waals surface area contributed by atoms with E-state index in [1.54, 1.807) is 0 Å². The van der Waals surface area contributed by atoms with Gasteiger partial charge in [0.05, 0.1) is 5.56 Å². The van der Waals surface area contributed by atoms with E-state index >= 15 is 0 Å². The highest BCUT2D eigenvalue weighted by Crippen LogP contribution is 2.33. The number of nitrogens with zero attached hydrogens (tertiary/aromatic N) is 1. The van der Waals surface area contributed by atoms with Crippen molar-refractivity contribution < 1.29 is 13.2 Å². The van der Waals surface area contributed by atoms with Crippen LogP contribution in [-0.4, -0.2) is 16.6 Å². The molecule has 3 nitrogen and oxygen atoms in total.